The van der Waals surface area contributed by atoms with E-state index in [4.69, 9.17) is 11.6 Å². The molecular formula is C14H12ClFN2O2. The predicted molar refractivity (Wildman–Crippen MR) is 76.5 cm³/mol. The molecule has 2 aromatic carbocycles. The minimum absolute atomic E-state index is 0.0758. The summed E-state index contributed by atoms with van der Waals surface area (Å²) in [5.74, 6) is -0.858. The molecule has 0 radical (unpaired) electrons. The minimum atomic E-state index is -0.858. The van der Waals surface area contributed by atoms with Gasteiger partial charge in [0.15, 0.2) is 0 Å². The molecule has 0 amide bonds. The van der Waals surface area contributed by atoms with Gasteiger partial charge in [-0.3, -0.25) is 10.1 Å². The summed E-state index contributed by atoms with van der Waals surface area (Å²) in [6, 6.07) is 10.9. The molecule has 104 valence electrons. The van der Waals surface area contributed by atoms with Gasteiger partial charge in [0.2, 0.25) is 5.82 Å². The molecule has 0 saturated heterocycles. The Balaban J connectivity index is 2.15. The molecule has 0 aliphatic heterocycles. The van der Waals surface area contributed by atoms with Gasteiger partial charge in [-0.05, 0) is 30.7 Å². The Morgan fingerprint density at radius 2 is 1.90 bits per heavy atom. The quantitative estimate of drug-likeness (QED) is 0.664. The topological polar surface area (TPSA) is 55.2 Å². The SMILES string of the molecule is CC(Nc1ccc([N+](=O)[O-])c(F)c1)c1ccc(Cl)cc1. The number of nitrogens with zero attached hydrogens (tertiary/aromatic N) is 1. The third kappa shape index (κ3) is 3.24. The van der Waals surface area contributed by atoms with Crippen LogP contribution in [0.2, 0.25) is 5.02 Å². The van der Waals surface area contributed by atoms with Crippen molar-refractivity contribution in [2.45, 2.75) is 13.0 Å². The summed E-state index contributed by atoms with van der Waals surface area (Å²) < 4.78 is 13.5. The van der Waals surface area contributed by atoms with Crippen molar-refractivity contribution in [1.29, 1.82) is 0 Å². The second kappa shape index (κ2) is 5.88. The average Bonchev–Trinajstić information content (AvgIpc) is 2.39. The van der Waals surface area contributed by atoms with Gasteiger partial charge in [-0.1, -0.05) is 23.7 Å². The number of anilines is 1. The molecule has 1 N–H and O–H groups in total. The Morgan fingerprint density at radius 1 is 1.25 bits per heavy atom. The third-order valence-corrected chi connectivity index (χ3v) is 3.15. The second-order valence-corrected chi connectivity index (χ2v) is 4.78. The molecular weight excluding hydrogens is 283 g/mol. The number of nitro benzene ring substituents is 1. The van der Waals surface area contributed by atoms with Crippen LogP contribution in [0.3, 0.4) is 0 Å². The summed E-state index contributed by atoms with van der Waals surface area (Å²) in [5, 5.41) is 14.3. The van der Waals surface area contributed by atoms with Crippen LogP contribution in [0.5, 0.6) is 0 Å². The largest absolute Gasteiger partial charge is 0.378 e. The number of benzene rings is 2. The molecule has 0 saturated carbocycles. The highest BCUT2D eigenvalue weighted by Gasteiger charge is 2.14. The van der Waals surface area contributed by atoms with Gasteiger partial charge >= 0.3 is 5.69 Å². The van der Waals surface area contributed by atoms with Crippen LogP contribution in [0, 0.1) is 15.9 Å². The van der Waals surface area contributed by atoms with Gasteiger partial charge in [-0.15, -0.1) is 0 Å². The zero-order valence-electron chi connectivity index (χ0n) is 10.6. The molecule has 2 aromatic rings. The highest BCUT2D eigenvalue weighted by Crippen LogP contribution is 2.25. The van der Waals surface area contributed by atoms with Gasteiger partial charge in [-0.2, -0.15) is 4.39 Å². The van der Waals surface area contributed by atoms with E-state index in [-0.39, 0.29) is 6.04 Å². The van der Waals surface area contributed by atoms with Crippen molar-refractivity contribution in [3.8, 4) is 0 Å². The first-order valence-electron chi connectivity index (χ1n) is 5.93. The molecule has 1 unspecified atom stereocenters. The molecule has 6 heteroatoms. The van der Waals surface area contributed by atoms with E-state index in [1.807, 2.05) is 19.1 Å². The van der Waals surface area contributed by atoms with E-state index in [2.05, 4.69) is 5.32 Å². The number of hydrogen-bond donors (Lipinski definition) is 1. The minimum Gasteiger partial charge on any atom is -0.378 e. The molecule has 0 aliphatic carbocycles. The van der Waals surface area contributed by atoms with Crippen LogP contribution in [0.4, 0.5) is 15.8 Å². The maximum absolute atomic E-state index is 13.5. The number of rotatable bonds is 4. The molecule has 1 atom stereocenters. The van der Waals surface area contributed by atoms with E-state index in [1.165, 1.54) is 6.07 Å². The summed E-state index contributed by atoms with van der Waals surface area (Å²) in [6.07, 6.45) is 0. The van der Waals surface area contributed by atoms with Gasteiger partial charge in [0.25, 0.3) is 0 Å². The van der Waals surface area contributed by atoms with Crippen LogP contribution in [0.1, 0.15) is 18.5 Å². The van der Waals surface area contributed by atoms with E-state index < -0.39 is 16.4 Å². The monoisotopic (exact) mass is 294 g/mol. The van der Waals surface area contributed by atoms with Crippen LogP contribution < -0.4 is 5.32 Å². The molecule has 0 fully saturated rings. The lowest BCUT2D eigenvalue weighted by molar-refractivity contribution is -0.387. The summed E-state index contributed by atoms with van der Waals surface area (Å²) in [4.78, 5) is 9.79. The van der Waals surface area contributed by atoms with E-state index >= 15 is 0 Å². The van der Waals surface area contributed by atoms with Crippen molar-refractivity contribution in [2.75, 3.05) is 5.32 Å². The van der Waals surface area contributed by atoms with Crippen LogP contribution in [0.25, 0.3) is 0 Å². The Morgan fingerprint density at radius 3 is 2.45 bits per heavy atom. The van der Waals surface area contributed by atoms with E-state index in [1.54, 1.807) is 12.1 Å². The molecule has 2 rings (SSSR count). The zero-order valence-corrected chi connectivity index (χ0v) is 11.4. The average molecular weight is 295 g/mol. The lowest BCUT2D eigenvalue weighted by atomic mass is 10.1. The highest BCUT2D eigenvalue weighted by molar-refractivity contribution is 6.30. The lowest BCUT2D eigenvalue weighted by Gasteiger charge is -2.15. The second-order valence-electron chi connectivity index (χ2n) is 4.34. The number of nitrogens with one attached hydrogen (secondary N) is 1. The van der Waals surface area contributed by atoms with Crippen molar-refractivity contribution < 1.29 is 9.31 Å². The number of hydrogen-bond acceptors (Lipinski definition) is 3. The maximum atomic E-state index is 13.5. The summed E-state index contributed by atoms with van der Waals surface area (Å²) in [6.45, 7) is 1.91. The Kier molecular flexibility index (Phi) is 4.20. The summed E-state index contributed by atoms with van der Waals surface area (Å²) >= 11 is 5.81. The summed E-state index contributed by atoms with van der Waals surface area (Å²) in [5.41, 5.74) is 0.929. The lowest BCUT2D eigenvalue weighted by Crippen LogP contribution is -2.07. The predicted octanol–water partition coefficient (Wildman–Crippen LogP) is 4.56. The number of halogens is 2. The Labute approximate surface area is 120 Å². The fraction of sp³-hybridized carbons (Fsp3) is 0.143. The molecule has 0 heterocycles. The first kappa shape index (κ1) is 14.3. The van der Waals surface area contributed by atoms with E-state index in [0.717, 1.165) is 17.7 Å². The number of nitro groups is 1. The van der Waals surface area contributed by atoms with Gasteiger partial charge in [-0.25, -0.2) is 0 Å². The maximum Gasteiger partial charge on any atom is 0.304 e. The molecule has 0 spiro atoms. The van der Waals surface area contributed by atoms with E-state index in [9.17, 15) is 14.5 Å². The van der Waals surface area contributed by atoms with E-state index in [0.29, 0.717) is 10.7 Å². The molecule has 4 nitrogen and oxygen atoms in total. The van der Waals surface area contributed by atoms with Gasteiger partial charge < -0.3 is 5.32 Å². The highest BCUT2D eigenvalue weighted by atomic mass is 35.5. The van der Waals surface area contributed by atoms with Crippen LogP contribution in [-0.2, 0) is 0 Å². The third-order valence-electron chi connectivity index (χ3n) is 2.90. The Bertz CT molecular complexity index is 632. The first-order valence-corrected chi connectivity index (χ1v) is 6.31. The van der Waals surface area contributed by atoms with Crippen molar-refractivity contribution in [3.63, 3.8) is 0 Å². The molecule has 0 aliphatic rings. The van der Waals surface area contributed by atoms with Crippen LogP contribution in [-0.4, -0.2) is 4.92 Å². The van der Waals surface area contributed by atoms with Crippen molar-refractivity contribution in [2.24, 2.45) is 0 Å². The van der Waals surface area contributed by atoms with Crippen LogP contribution in [0.15, 0.2) is 42.5 Å². The van der Waals surface area contributed by atoms with Gasteiger partial charge in [0.05, 0.1) is 4.92 Å². The molecule has 20 heavy (non-hydrogen) atoms. The summed E-state index contributed by atoms with van der Waals surface area (Å²) in [7, 11) is 0. The van der Waals surface area contributed by atoms with Crippen molar-refractivity contribution in [3.05, 3.63) is 69.0 Å². The van der Waals surface area contributed by atoms with Gasteiger partial charge in [0, 0.05) is 28.9 Å². The zero-order chi connectivity index (χ0) is 14.7. The van der Waals surface area contributed by atoms with Crippen molar-refractivity contribution in [1.82, 2.24) is 0 Å². The van der Waals surface area contributed by atoms with Crippen molar-refractivity contribution >= 4 is 23.0 Å². The molecule has 0 bridgehead atoms. The Hall–Kier alpha value is -2.14. The first-order chi connectivity index (χ1) is 9.47. The smallest absolute Gasteiger partial charge is 0.304 e. The van der Waals surface area contributed by atoms with Crippen LogP contribution >= 0.6 is 11.6 Å². The fourth-order valence-corrected chi connectivity index (χ4v) is 1.96. The van der Waals surface area contributed by atoms with Gasteiger partial charge in [0.1, 0.15) is 0 Å². The fourth-order valence-electron chi connectivity index (χ4n) is 1.83. The standard InChI is InChI=1S/C14H12ClFN2O2/c1-9(10-2-4-11(15)5-3-10)17-12-6-7-14(18(19)20)13(16)8-12/h2-9,17H,1H3. The molecule has 0 aromatic heterocycles. The normalized spacial score (nSPS) is 11.9.